The van der Waals surface area contributed by atoms with E-state index in [2.05, 4.69) is 20.2 Å². The second-order valence-electron chi connectivity index (χ2n) is 6.41. The molecule has 25 heavy (non-hydrogen) atoms. The molecule has 1 saturated heterocycles. The van der Waals surface area contributed by atoms with Gasteiger partial charge in [-0.1, -0.05) is 0 Å². The van der Waals surface area contributed by atoms with Gasteiger partial charge < -0.3 is 19.9 Å². The summed E-state index contributed by atoms with van der Waals surface area (Å²) in [5, 5.41) is 2.78. The smallest absolute Gasteiger partial charge is 0.317 e. The van der Waals surface area contributed by atoms with Gasteiger partial charge >= 0.3 is 12.0 Å². The molecule has 0 aliphatic carbocycles. The molecule has 138 valence electrons. The van der Waals surface area contributed by atoms with E-state index in [-0.39, 0.29) is 37.1 Å². The summed E-state index contributed by atoms with van der Waals surface area (Å²) in [4.78, 5) is 36.0. The molecule has 0 unspecified atom stereocenters. The first-order valence-electron chi connectivity index (χ1n) is 8.68. The molecule has 8 nitrogen and oxygen atoms in total. The Balaban J connectivity index is 1.71. The van der Waals surface area contributed by atoms with Gasteiger partial charge in [-0.3, -0.25) is 9.78 Å². The first-order chi connectivity index (χ1) is 12.0. The predicted octanol–water partition coefficient (Wildman–Crippen LogP) is 1.43. The van der Waals surface area contributed by atoms with Crippen LogP contribution in [0.5, 0.6) is 0 Å². The average Bonchev–Trinajstić information content (AvgIpc) is 2.61. The van der Waals surface area contributed by atoms with Gasteiger partial charge in [-0.05, 0) is 26.7 Å². The molecular weight excluding hydrogens is 322 g/mol. The number of amides is 2. The maximum absolute atomic E-state index is 12.2. The monoisotopic (exact) mass is 349 g/mol. The van der Waals surface area contributed by atoms with E-state index in [1.807, 2.05) is 0 Å². The van der Waals surface area contributed by atoms with Gasteiger partial charge in [0.2, 0.25) is 0 Å². The van der Waals surface area contributed by atoms with Crippen LogP contribution >= 0.6 is 0 Å². The number of hydrogen-bond donors (Lipinski definition) is 1. The van der Waals surface area contributed by atoms with Crippen molar-refractivity contribution in [2.45, 2.75) is 45.3 Å². The van der Waals surface area contributed by atoms with E-state index in [0.29, 0.717) is 0 Å². The molecule has 1 aromatic rings. The fourth-order valence-electron chi connectivity index (χ4n) is 2.82. The summed E-state index contributed by atoms with van der Waals surface area (Å²) in [6.07, 6.45) is 6.89. The van der Waals surface area contributed by atoms with Crippen molar-refractivity contribution in [3.8, 4) is 0 Å². The van der Waals surface area contributed by atoms with Gasteiger partial charge in [-0.25, -0.2) is 9.78 Å². The lowest BCUT2D eigenvalue weighted by atomic mass is 10.0. The zero-order valence-electron chi connectivity index (χ0n) is 15.1. The summed E-state index contributed by atoms with van der Waals surface area (Å²) >= 11 is 0. The van der Waals surface area contributed by atoms with E-state index in [9.17, 15) is 9.59 Å². The van der Waals surface area contributed by atoms with Crippen molar-refractivity contribution < 1.29 is 14.3 Å². The van der Waals surface area contributed by atoms with Crippen LogP contribution < -0.4 is 10.2 Å². The van der Waals surface area contributed by atoms with E-state index in [1.165, 1.54) is 0 Å². The number of carbonyl (C=O) groups is 2. The molecule has 0 radical (unpaired) electrons. The maximum atomic E-state index is 12.2. The van der Waals surface area contributed by atoms with Crippen molar-refractivity contribution >= 4 is 17.8 Å². The van der Waals surface area contributed by atoms with Crippen molar-refractivity contribution in [1.29, 1.82) is 0 Å². The van der Waals surface area contributed by atoms with Crippen molar-refractivity contribution in [1.82, 2.24) is 20.2 Å². The van der Waals surface area contributed by atoms with Crippen molar-refractivity contribution in [3.05, 3.63) is 18.6 Å². The molecular formula is C17H27N5O3. The van der Waals surface area contributed by atoms with Crippen molar-refractivity contribution in [3.63, 3.8) is 0 Å². The van der Waals surface area contributed by atoms with Crippen LogP contribution in [-0.4, -0.2) is 65.7 Å². The second kappa shape index (κ2) is 9.19. The van der Waals surface area contributed by atoms with E-state index in [1.54, 1.807) is 44.4 Å². The van der Waals surface area contributed by atoms with E-state index >= 15 is 0 Å². The van der Waals surface area contributed by atoms with Crippen molar-refractivity contribution in [2.24, 2.45) is 0 Å². The molecule has 1 N–H and O–H groups in total. The minimum atomic E-state index is -0.296. The molecule has 2 amide bonds. The number of piperidine rings is 1. The van der Waals surface area contributed by atoms with Gasteiger partial charge in [0.15, 0.2) is 0 Å². The topological polar surface area (TPSA) is 87.7 Å². The molecule has 1 aromatic heterocycles. The van der Waals surface area contributed by atoms with Crippen LogP contribution in [0.4, 0.5) is 10.6 Å². The number of anilines is 1. The van der Waals surface area contributed by atoms with Crippen LogP contribution in [0, 0.1) is 0 Å². The van der Waals surface area contributed by atoms with Crippen LogP contribution in [0.15, 0.2) is 18.6 Å². The van der Waals surface area contributed by atoms with Gasteiger partial charge in [0.25, 0.3) is 0 Å². The normalized spacial score (nSPS) is 15.1. The number of esters is 1. The summed E-state index contributed by atoms with van der Waals surface area (Å²) in [7, 11) is 1.80. The summed E-state index contributed by atoms with van der Waals surface area (Å²) in [5.41, 5.74) is 0. The van der Waals surface area contributed by atoms with Gasteiger partial charge in [0, 0.05) is 45.1 Å². The number of hydrogen-bond acceptors (Lipinski definition) is 6. The number of nitrogens with zero attached hydrogens (tertiary/aromatic N) is 4. The Hall–Kier alpha value is -2.38. The Kier molecular flexibility index (Phi) is 6.97. The molecule has 8 heteroatoms. The van der Waals surface area contributed by atoms with Crippen LogP contribution in [0.25, 0.3) is 0 Å². The standard InChI is InChI=1S/C17H27N5O3/c1-13(2)25-16(23)4-7-20-17(24)21(3)14-5-10-22(11-6-14)15-12-18-8-9-19-15/h8-9,12-14H,4-7,10-11H2,1-3H3,(H,20,24). The minimum absolute atomic E-state index is 0.134. The fourth-order valence-corrected chi connectivity index (χ4v) is 2.82. The van der Waals surface area contributed by atoms with Gasteiger partial charge in [-0.2, -0.15) is 0 Å². The van der Waals surface area contributed by atoms with Gasteiger partial charge in [0.05, 0.1) is 18.7 Å². The second-order valence-corrected chi connectivity index (χ2v) is 6.41. The van der Waals surface area contributed by atoms with Crippen LogP contribution in [0.1, 0.15) is 33.1 Å². The van der Waals surface area contributed by atoms with Gasteiger partial charge in [0.1, 0.15) is 5.82 Å². The molecule has 1 fully saturated rings. The average molecular weight is 349 g/mol. The van der Waals surface area contributed by atoms with E-state index in [0.717, 1.165) is 31.7 Å². The van der Waals surface area contributed by atoms with E-state index in [4.69, 9.17) is 4.74 Å². The molecule has 0 atom stereocenters. The third kappa shape index (κ3) is 5.88. The molecule has 0 spiro atoms. The zero-order chi connectivity index (χ0) is 18.2. The lowest BCUT2D eigenvalue weighted by molar-refractivity contribution is -0.147. The first-order valence-corrected chi connectivity index (χ1v) is 8.68. The summed E-state index contributed by atoms with van der Waals surface area (Å²) in [6, 6.07) is 0.0193. The molecule has 2 heterocycles. The number of rotatable bonds is 6. The molecule has 1 aliphatic heterocycles. The highest BCUT2D eigenvalue weighted by molar-refractivity contribution is 5.75. The first kappa shape index (κ1) is 19.0. The molecule has 0 aromatic carbocycles. The Morgan fingerprint density at radius 1 is 1.36 bits per heavy atom. The third-order valence-electron chi connectivity index (χ3n) is 4.18. The summed E-state index contributed by atoms with van der Waals surface area (Å²) in [6.45, 7) is 5.56. The fraction of sp³-hybridized carbons (Fsp3) is 0.647. The summed E-state index contributed by atoms with van der Waals surface area (Å²) < 4.78 is 5.04. The lowest BCUT2D eigenvalue weighted by Crippen LogP contribution is -2.49. The Morgan fingerprint density at radius 2 is 2.08 bits per heavy atom. The Bertz CT molecular complexity index is 559. The van der Waals surface area contributed by atoms with Crippen LogP contribution in [0.3, 0.4) is 0 Å². The molecule has 2 rings (SSSR count). The summed E-state index contributed by atoms with van der Waals surface area (Å²) in [5.74, 6) is 0.576. The third-order valence-corrected chi connectivity index (χ3v) is 4.18. The SMILES string of the molecule is CC(C)OC(=O)CCNC(=O)N(C)C1CCN(c2cnccn2)CC1. The highest BCUT2D eigenvalue weighted by atomic mass is 16.5. The molecule has 1 aliphatic rings. The molecule has 0 bridgehead atoms. The van der Waals surface area contributed by atoms with Gasteiger partial charge in [-0.15, -0.1) is 0 Å². The number of ether oxygens (including phenoxy) is 1. The predicted molar refractivity (Wildman–Crippen MR) is 94.3 cm³/mol. The Morgan fingerprint density at radius 3 is 2.68 bits per heavy atom. The Labute approximate surface area is 148 Å². The quantitative estimate of drug-likeness (QED) is 0.782. The van der Waals surface area contributed by atoms with Crippen LogP contribution in [0.2, 0.25) is 0 Å². The highest BCUT2D eigenvalue weighted by Crippen LogP contribution is 2.19. The van der Waals surface area contributed by atoms with Crippen molar-refractivity contribution in [2.75, 3.05) is 31.6 Å². The number of nitrogens with one attached hydrogen (secondary N) is 1. The van der Waals surface area contributed by atoms with E-state index < -0.39 is 0 Å². The number of aromatic nitrogens is 2. The van der Waals surface area contributed by atoms with Crippen LogP contribution in [-0.2, 0) is 9.53 Å². The minimum Gasteiger partial charge on any atom is -0.463 e. The largest absolute Gasteiger partial charge is 0.463 e. The maximum Gasteiger partial charge on any atom is 0.317 e. The number of urea groups is 1. The molecule has 0 saturated carbocycles. The zero-order valence-corrected chi connectivity index (χ0v) is 15.1. The highest BCUT2D eigenvalue weighted by Gasteiger charge is 2.26. The number of carbonyl (C=O) groups excluding carboxylic acids is 2. The lowest BCUT2D eigenvalue weighted by Gasteiger charge is -2.37.